The van der Waals surface area contributed by atoms with Crippen molar-refractivity contribution in [2.45, 2.75) is 75.5 Å². The Labute approximate surface area is 195 Å². The molecule has 0 spiro atoms. The lowest BCUT2D eigenvalue weighted by Crippen LogP contribution is -2.62. The molecule has 1 aliphatic heterocycles. The highest BCUT2D eigenvalue weighted by Crippen LogP contribution is 2.27. The first-order valence-corrected chi connectivity index (χ1v) is 12.1. The Morgan fingerprint density at radius 2 is 1.94 bits per heavy atom. The molecule has 32 heavy (non-hydrogen) atoms. The summed E-state index contributed by atoms with van der Waals surface area (Å²) in [6.45, 7) is 6.45. The Hall–Kier alpha value is -2.17. The first-order chi connectivity index (χ1) is 15.2. The van der Waals surface area contributed by atoms with Crippen LogP contribution in [0, 0.1) is 0 Å². The molecule has 0 aromatic heterocycles. The smallest absolute Gasteiger partial charge is 0.410 e. The summed E-state index contributed by atoms with van der Waals surface area (Å²) < 4.78 is 8.49. The van der Waals surface area contributed by atoms with Gasteiger partial charge in [-0.2, -0.15) is 0 Å². The monoisotopic (exact) mass is 463 g/mol. The molecule has 3 rings (SSSR count). The van der Waals surface area contributed by atoms with E-state index < -0.39 is 5.60 Å². The number of hydrazone groups is 1. The lowest BCUT2D eigenvalue weighted by Gasteiger charge is -2.42. The fraction of sp³-hybridized carbons (Fsp3) is 0.636. The number of likely N-dealkylation sites (tertiary alicyclic amines) is 1. The van der Waals surface area contributed by atoms with Gasteiger partial charge in [0, 0.05) is 35.3 Å². The molecule has 10 heteroatoms. The van der Waals surface area contributed by atoms with Crippen LogP contribution in [0.3, 0.4) is 0 Å². The van der Waals surface area contributed by atoms with E-state index in [2.05, 4.69) is 27.3 Å². The number of hydrogen-bond acceptors (Lipinski definition) is 8. The summed E-state index contributed by atoms with van der Waals surface area (Å²) >= 11 is 1.52. The molecule has 0 unspecified atom stereocenters. The number of hydrazine groups is 1. The van der Waals surface area contributed by atoms with E-state index in [9.17, 15) is 4.79 Å². The second kappa shape index (κ2) is 10.6. The molecule has 1 saturated heterocycles. The Morgan fingerprint density at radius 1 is 1.25 bits per heavy atom. The predicted molar refractivity (Wildman–Crippen MR) is 130 cm³/mol. The van der Waals surface area contributed by atoms with Crippen LogP contribution in [0.5, 0.6) is 0 Å². The summed E-state index contributed by atoms with van der Waals surface area (Å²) in [5, 5.41) is 9.46. The molecule has 1 amide bonds. The first-order valence-electron chi connectivity index (χ1n) is 11.3. The Balaban J connectivity index is 1.68. The molecule has 1 heterocycles. The van der Waals surface area contributed by atoms with Crippen molar-refractivity contribution in [1.82, 2.24) is 14.7 Å². The number of nitrogens with one attached hydrogen (secondary N) is 2. The van der Waals surface area contributed by atoms with Crippen LogP contribution in [0.15, 0.2) is 28.2 Å². The second-order valence-corrected chi connectivity index (χ2v) is 10.5. The molecule has 1 aliphatic carbocycles. The molecule has 2 aliphatic rings. The summed E-state index contributed by atoms with van der Waals surface area (Å²) in [5.74, 6) is 6.53. The SMILES string of the molecule is CNSc1ccc(NC2CCCCC2)c(/C(N)=N/N(N)C2CN(C(=O)OC(C)(C)C)C2)c1. The largest absolute Gasteiger partial charge is 0.444 e. The number of benzene rings is 1. The number of anilines is 1. The summed E-state index contributed by atoms with van der Waals surface area (Å²) in [5.41, 5.74) is 7.69. The highest BCUT2D eigenvalue weighted by atomic mass is 32.2. The fourth-order valence-corrected chi connectivity index (χ4v) is 4.42. The molecule has 1 aromatic carbocycles. The molecule has 6 N–H and O–H groups in total. The number of carbonyl (C=O) groups excluding carboxylic acids is 1. The maximum atomic E-state index is 12.2. The van der Waals surface area contributed by atoms with Crippen molar-refractivity contribution in [3.63, 3.8) is 0 Å². The molecule has 1 saturated carbocycles. The minimum Gasteiger partial charge on any atom is -0.444 e. The minimum absolute atomic E-state index is 0.106. The van der Waals surface area contributed by atoms with Gasteiger partial charge in [-0.25, -0.2) is 15.8 Å². The number of hydrogen-bond donors (Lipinski definition) is 4. The van der Waals surface area contributed by atoms with Crippen molar-refractivity contribution >= 4 is 29.6 Å². The molecule has 178 valence electrons. The van der Waals surface area contributed by atoms with Gasteiger partial charge in [-0.15, -0.1) is 5.10 Å². The molecule has 0 radical (unpaired) electrons. The predicted octanol–water partition coefficient (Wildman–Crippen LogP) is 3.07. The van der Waals surface area contributed by atoms with Crippen molar-refractivity contribution in [1.29, 1.82) is 0 Å². The topological polar surface area (TPSA) is 121 Å². The summed E-state index contributed by atoms with van der Waals surface area (Å²) in [7, 11) is 1.88. The highest BCUT2D eigenvalue weighted by molar-refractivity contribution is 7.97. The number of ether oxygens (including phenoxy) is 1. The van der Waals surface area contributed by atoms with Gasteiger partial charge in [-0.1, -0.05) is 19.3 Å². The van der Waals surface area contributed by atoms with E-state index >= 15 is 0 Å². The third-order valence-corrected chi connectivity index (χ3v) is 6.26. The van der Waals surface area contributed by atoms with Crippen molar-refractivity contribution in [2.75, 3.05) is 25.5 Å². The van der Waals surface area contributed by atoms with E-state index in [0.29, 0.717) is 25.0 Å². The van der Waals surface area contributed by atoms with Gasteiger partial charge in [0.1, 0.15) is 5.60 Å². The van der Waals surface area contributed by atoms with E-state index in [0.717, 1.165) is 29.0 Å². The normalized spacial score (nSPS) is 18.3. The van der Waals surface area contributed by atoms with E-state index in [1.807, 2.05) is 33.9 Å². The average molecular weight is 464 g/mol. The Kier molecular flexibility index (Phi) is 8.13. The van der Waals surface area contributed by atoms with Crippen LogP contribution >= 0.6 is 11.9 Å². The van der Waals surface area contributed by atoms with Gasteiger partial charge in [0.05, 0.1) is 6.04 Å². The zero-order valence-corrected chi connectivity index (χ0v) is 20.4. The molecule has 9 nitrogen and oxygen atoms in total. The molecule has 1 aromatic rings. The standard InChI is InChI=1S/C22H37N7O2S/c1-22(2,3)31-21(30)28-13-16(14-28)29(24)27-20(23)18-12-17(32-25-4)10-11-19(18)26-15-8-6-5-7-9-15/h10-12,15-16,25-26H,5-9,13-14,24H2,1-4H3,(H2,23,27). The maximum absolute atomic E-state index is 12.2. The quantitative estimate of drug-likeness (QED) is 0.160. The number of rotatable bonds is 7. The number of nitrogens with zero attached hydrogens (tertiary/aromatic N) is 3. The van der Waals surface area contributed by atoms with Crippen molar-refractivity contribution in [2.24, 2.45) is 16.7 Å². The van der Waals surface area contributed by atoms with Gasteiger partial charge in [-0.3, -0.25) is 4.72 Å². The van der Waals surface area contributed by atoms with E-state index in [1.54, 1.807) is 4.90 Å². The molecular weight excluding hydrogens is 426 g/mol. The van der Waals surface area contributed by atoms with Crippen LogP contribution in [0.1, 0.15) is 58.4 Å². The van der Waals surface area contributed by atoms with Crippen molar-refractivity contribution < 1.29 is 9.53 Å². The number of carbonyl (C=O) groups is 1. The zero-order chi connectivity index (χ0) is 23.3. The molecular formula is C22H37N7O2S. The lowest BCUT2D eigenvalue weighted by atomic mass is 9.95. The van der Waals surface area contributed by atoms with Gasteiger partial charge in [-0.05, 0) is 70.8 Å². The highest BCUT2D eigenvalue weighted by Gasteiger charge is 2.36. The van der Waals surface area contributed by atoms with E-state index in [4.69, 9.17) is 16.3 Å². The number of amidine groups is 1. The van der Waals surface area contributed by atoms with Crippen LogP contribution in [-0.4, -0.2) is 59.8 Å². The van der Waals surface area contributed by atoms with Crippen molar-refractivity contribution in [3.05, 3.63) is 23.8 Å². The first kappa shape index (κ1) is 24.5. The third kappa shape index (κ3) is 6.66. The zero-order valence-electron chi connectivity index (χ0n) is 19.6. The summed E-state index contributed by atoms with van der Waals surface area (Å²) in [6, 6.07) is 6.48. The van der Waals surface area contributed by atoms with E-state index in [1.165, 1.54) is 36.3 Å². The van der Waals surface area contributed by atoms with Gasteiger partial charge in [0.15, 0.2) is 5.84 Å². The van der Waals surface area contributed by atoms with Crippen LogP contribution in [0.4, 0.5) is 10.5 Å². The number of amides is 1. The van der Waals surface area contributed by atoms with Gasteiger partial charge in [0.2, 0.25) is 0 Å². The number of nitrogens with two attached hydrogens (primary N) is 2. The summed E-state index contributed by atoms with van der Waals surface area (Å²) in [6.07, 6.45) is 5.78. The van der Waals surface area contributed by atoms with Gasteiger partial charge < -0.3 is 20.7 Å². The van der Waals surface area contributed by atoms with Crippen molar-refractivity contribution in [3.8, 4) is 0 Å². The molecule has 2 fully saturated rings. The van der Waals surface area contributed by atoms with Crippen LogP contribution in [0.25, 0.3) is 0 Å². The lowest BCUT2D eigenvalue weighted by molar-refractivity contribution is -0.0151. The molecule has 0 atom stereocenters. The summed E-state index contributed by atoms with van der Waals surface area (Å²) in [4.78, 5) is 14.8. The van der Waals surface area contributed by atoms with Crippen LogP contribution in [0.2, 0.25) is 0 Å². The van der Waals surface area contributed by atoms with Crippen LogP contribution < -0.4 is 21.6 Å². The van der Waals surface area contributed by atoms with Gasteiger partial charge >= 0.3 is 6.09 Å². The second-order valence-electron chi connectivity index (χ2n) is 9.40. The minimum atomic E-state index is -0.523. The van der Waals surface area contributed by atoms with Gasteiger partial charge in [0.25, 0.3) is 0 Å². The van der Waals surface area contributed by atoms with Crippen LogP contribution in [-0.2, 0) is 4.74 Å². The average Bonchev–Trinajstić information content (AvgIpc) is 2.67. The third-order valence-electron chi connectivity index (χ3n) is 5.56. The Bertz CT molecular complexity index is 815. The Morgan fingerprint density at radius 3 is 2.56 bits per heavy atom. The maximum Gasteiger partial charge on any atom is 0.410 e. The fourth-order valence-electron chi connectivity index (χ4n) is 3.87. The van der Waals surface area contributed by atoms with E-state index in [-0.39, 0.29) is 12.1 Å². The molecule has 0 bridgehead atoms.